The first-order valence-corrected chi connectivity index (χ1v) is 7.18. The number of carbonyl (C=O) groups excluding carboxylic acids is 1. The summed E-state index contributed by atoms with van der Waals surface area (Å²) >= 11 is 0. The van der Waals surface area contributed by atoms with Gasteiger partial charge in [0.15, 0.2) is 5.96 Å². The molecule has 2 rings (SSSR count). The Morgan fingerprint density at radius 1 is 1.48 bits per heavy atom. The number of nitrogens with two attached hydrogens (primary N) is 1. The first kappa shape index (κ1) is 15.2. The summed E-state index contributed by atoms with van der Waals surface area (Å²) in [6, 6.07) is 7.87. The van der Waals surface area contributed by atoms with Crippen molar-refractivity contribution in [1.82, 2.24) is 5.32 Å². The number of methoxy groups -OCH3 is 1. The van der Waals surface area contributed by atoms with Crippen molar-refractivity contribution in [3.63, 3.8) is 0 Å². The largest absolute Gasteiger partial charge is 0.497 e. The van der Waals surface area contributed by atoms with Crippen LogP contribution in [0, 0.1) is 0 Å². The molecule has 1 aromatic rings. The summed E-state index contributed by atoms with van der Waals surface area (Å²) < 4.78 is 5.13. The number of carbonyl (C=O) groups is 1. The molecule has 0 bridgehead atoms. The molecule has 114 valence electrons. The van der Waals surface area contributed by atoms with Crippen molar-refractivity contribution in [2.24, 2.45) is 10.7 Å². The van der Waals surface area contributed by atoms with E-state index in [0.29, 0.717) is 31.4 Å². The fourth-order valence-corrected chi connectivity index (χ4v) is 1.85. The number of aliphatic imine (C=N–C) groups is 1. The normalized spacial score (nSPS) is 14.6. The second-order valence-electron chi connectivity index (χ2n) is 5.07. The Morgan fingerprint density at radius 3 is 3.00 bits per heavy atom. The molecular formula is C15H22N4O2. The van der Waals surface area contributed by atoms with Crippen LogP contribution in [0.5, 0.6) is 5.75 Å². The van der Waals surface area contributed by atoms with Gasteiger partial charge in [-0.25, -0.2) is 0 Å². The zero-order chi connectivity index (χ0) is 15.1. The molecule has 0 spiro atoms. The smallest absolute Gasteiger partial charge is 0.220 e. The zero-order valence-corrected chi connectivity index (χ0v) is 12.3. The summed E-state index contributed by atoms with van der Waals surface area (Å²) in [7, 11) is 1.61. The van der Waals surface area contributed by atoms with Gasteiger partial charge in [-0.3, -0.25) is 9.79 Å². The van der Waals surface area contributed by atoms with Gasteiger partial charge < -0.3 is 21.1 Å². The van der Waals surface area contributed by atoms with Crippen molar-refractivity contribution in [3.8, 4) is 5.75 Å². The number of anilines is 1. The predicted octanol–water partition coefficient (Wildman–Crippen LogP) is 1.48. The van der Waals surface area contributed by atoms with Gasteiger partial charge in [0, 0.05) is 30.8 Å². The Kier molecular flexibility index (Phi) is 5.43. The monoisotopic (exact) mass is 290 g/mol. The molecule has 0 aliphatic heterocycles. The Balaban J connectivity index is 1.69. The number of rotatable bonds is 7. The second-order valence-corrected chi connectivity index (χ2v) is 5.07. The molecule has 0 aromatic heterocycles. The van der Waals surface area contributed by atoms with E-state index in [4.69, 9.17) is 10.5 Å². The molecule has 0 heterocycles. The molecule has 6 heteroatoms. The molecule has 1 aromatic carbocycles. The van der Waals surface area contributed by atoms with Crippen LogP contribution >= 0.6 is 0 Å². The van der Waals surface area contributed by atoms with Gasteiger partial charge in [-0.2, -0.15) is 0 Å². The molecule has 1 saturated carbocycles. The van der Waals surface area contributed by atoms with Crippen molar-refractivity contribution < 1.29 is 9.53 Å². The van der Waals surface area contributed by atoms with E-state index in [0.717, 1.165) is 24.3 Å². The zero-order valence-electron chi connectivity index (χ0n) is 12.3. The SMILES string of the molecule is COc1cccc(NC(N)=NCCCC(=O)NC2CC2)c1. The highest BCUT2D eigenvalue weighted by atomic mass is 16.5. The van der Waals surface area contributed by atoms with Gasteiger partial charge in [-0.15, -0.1) is 0 Å². The Bertz CT molecular complexity index is 512. The molecule has 0 unspecified atom stereocenters. The molecule has 4 N–H and O–H groups in total. The van der Waals surface area contributed by atoms with Gasteiger partial charge in [0.05, 0.1) is 7.11 Å². The highest BCUT2D eigenvalue weighted by Crippen LogP contribution is 2.18. The standard InChI is InChI=1S/C15H22N4O2/c1-21-13-5-2-4-12(10-13)19-15(16)17-9-3-6-14(20)18-11-7-8-11/h2,4-5,10-11H,3,6-9H2,1H3,(H,18,20)(H3,16,17,19). The van der Waals surface area contributed by atoms with Crippen LogP contribution in [-0.2, 0) is 4.79 Å². The summed E-state index contributed by atoms with van der Waals surface area (Å²) in [6.45, 7) is 0.529. The van der Waals surface area contributed by atoms with Gasteiger partial charge in [0.2, 0.25) is 5.91 Å². The summed E-state index contributed by atoms with van der Waals surface area (Å²) in [5.74, 6) is 1.20. The maximum atomic E-state index is 11.5. The Hall–Kier alpha value is -2.24. The van der Waals surface area contributed by atoms with Gasteiger partial charge in [0.25, 0.3) is 0 Å². The van der Waals surface area contributed by atoms with Gasteiger partial charge in [-0.05, 0) is 31.4 Å². The third-order valence-electron chi connectivity index (χ3n) is 3.13. The van der Waals surface area contributed by atoms with E-state index in [1.165, 1.54) is 0 Å². The van der Waals surface area contributed by atoms with E-state index in [-0.39, 0.29) is 5.91 Å². The van der Waals surface area contributed by atoms with Crippen LogP contribution in [0.1, 0.15) is 25.7 Å². The number of benzene rings is 1. The predicted molar refractivity (Wildman–Crippen MR) is 83.5 cm³/mol. The van der Waals surface area contributed by atoms with Crippen LogP contribution in [-0.4, -0.2) is 31.6 Å². The van der Waals surface area contributed by atoms with Crippen LogP contribution in [0.25, 0.3) is 0 Å². The quantitative estimate of drug-likeness (QED) is 0.403. The van der Waals surface area contributed by atoms with Crippen LogP contribution in [0.4, 0.5) is 5.69 Å². The number of nitrogens with zero attached hydrogens (tertiary/aromatic N) is 1. The summed E-state index contributed by atoms with van der Waals surface area (Å²) in [4.78, 5) is 15.7. The number of amides is 1. The summed E-state index contributed by atoms with van der Waals surface area (Å²) in [5.41, 5.74) is 6.62. The molecule has 1 aliphatic rings. The molecule has 1 aliphatic carbocycles. The van der Waals surface area contributed by atoms with Crippen molar-refractivity contribution >= 4 is 17.6 Å². The molecule has 1 amide bonds. The second kappa shape index (κ2) is 7.52. The summed E-state index contributed by atoms with van der Waals surface area (Å²) in [5, 5.41) is 5.94. The van der Waals surface area contributed by atoms with Crippen molar-refractivity contribution in [1.29, 1.82) is 0 Å². The maximum absolute atomic E-state index is 11.5. The van der Waals surface area contributed by atoms with Crippen LogP contribution in [0.3, 0.4) is 0 Å². The average Bonchev–Trinajstić information content (AvgIpc) is 3.27. The van der Waals surface area contributed by atoms with E-state index in [9.17, 15) is 4.79 Å². The molecule has 21 heavy (non-hydrogen) atoms. The molecule has 0 atom stereocenters. The van der Waals surface area contributed by atoms with Crippen LogP contribution < -0.4 is 21.1 Å². The highest BCUT2D eigenvalue weighted by molar-refractivity contribution is 5.92. The molecular weight excluding hydrogens is 268 g/mol. The lowest BCUT2D eigenvalue weighted by molar-refractivity contribution is -0.121. The number of ether oxygens (including phenoxy) is 1. The molecule has 0 saturated heterocycles. The lowest BCUT2D eigenvalue weighted by atomic mass is 10.3. The van der Waals surface area contributed by atoms with E-state index in [2.05, 4.69) is 15.6 Å². The fraction of sp³-hybridized carbons (Fsp3) is 0.467. The van der Waals surface area contributed by atoms with E-state index >= 15 is 0 Å². The van der Waals surface area contributed by atoms with E-state index < -0.39 is 0 Å². The van der Waals surface area contributed by atoms with Gasteiger partial charge >= 0.3 is 0 Å². The average molecular weight is 290 g/mol. The number of guanidine groups is 1. The minimum Gasteiger partial charge on any atom is -0.497 e. The molecule has 1 fully saturated rings. The summed E-state index contributed by atoms with van der Waals surface area (Å²) in [6.07, 6.45) is 3.41. The molecule has 0 radical (unpaired) electrons. The first-order valence-electron chi connectivity index (χ1n) is 7.18. The van der Waals surface area contributed by atoms with Crippen molar-refractivity contribution in [2.75, 3.05) is 19.0 Å². The Morgan fingerprint density at radius 2 is 2.29 bits per heavy atom. The minimum absolute atomic E-state index is 0.104. The van der Waals surface area contributed by atoms with Gasteiger partial charge in [-0.1, -0.05) is 6.07 Å². The first-order chi connectivity index (χ1) is 10.2. The lowest BCUT2D eigenvalue weighted by Gasteiger charge is -2.07. The highest BCUT2D eigenvalue weighted by Gasteiger charge is 2.22. The number of hydrogen-bond acceptors (Lipinski definition) is 3. The maximum Gasteiger partial charge on any atom is 0.220 e. The van der Waals surface area contributed by atoms with E-state index in [1.807, 2.05) is 24.3 Å². The van der Waals surface area contributed by atoms with Crippen molar-refractivity contribution in [2.45, 2.75) is 31.7 Å². The topological polar surface area (TPSA) is 88.7 Å². The third-order valence-corrected chi connectivity index (χ3v) is 3.13. The number of nitrogens with one attached hydrogen (secondary N) is 2. The fourth-order valence-electron chi connectivity index (χ4n) is 1.85. The number of hydrogen-bond donors (Lipinski definition) is 3. The Labute approximate surface area is 124 Å². The third kappa shape index (κ3) is 5.72. The molecule has 6 nitrogen and oxygen atoms in total. The minimum atomic E-state index is 0.104. The van der Waals surface area contributed by atoms with Crippen LogP contribution in [0.15, 0.2) is 29.3 Å². The van der Waals surface area contributed by atoms with Crippen molar-refractivity contribution in [3.05, 3.63) is 24.3 Å². The lowest BCUT2D eigenvalue weighted by Crippen LogP contribution is -2.25. The van der Waals surface area contributed by atoms with E-state index in [1.54, 1.807) is 7.11 Å². The van der Waals surface area contributed by atoms with Gasteiger partial charge in [0.1, 0.15) is 5.75 Å². The van der Waals surface area contributed by atoms with Crippen LogP contribution in [0.2, 0.25) is 0 Å².